The molecule has 0 aliphatic heterocycles. The SMILES string of the molecule is Oc1cccc(CCc2cc(O)cc(Oc3cc(CCc4cccc(O)c4)c(O)cc3O)c2)c1. The summed E-state index contributed by atoms with van der Waals surface area (Å²) in [7, 11) is 0. The Hall–Kier alpha value is -4.32. The third kappa shape index (κ3) is 5.92. The number of rotatable bonds is 8. The van der Waals surface area contributed by atoms with Gasteiger partial charge in [0, 0.05) is 12.1 Å². The molecule has 0 unspecified atom stereocenters. The predicted molar refractivity (Wildman–Crippen MR) is 129 cm³/mol. The Labute approximate surface area is 197 Å². The van der Waals surface area contributed by atoms with Crippen molar-refractivity contribution in [1.29, 1.82) is 0 Å². The smallest absolute Gasteiger partial charge is 0.169 e. The van der Waals surface area contributed by atoms with E-state index in [1.165, 1.54) is 12.1 Å². The Bertz CT molecular complexity index is 1300. The number of phenolic OH excluding ortho intramolecular Hbond substituents is 5. The molecule has 0 saturated carbocycles. The van der Waals surface area contributed by atoms with Crippen molar-refractivity contribution in [2.75, 3.05) is 0 Å². The third-order valence-corrected chi connectivity index (χ3v) is 5.55. The highest BCUT2D eigenvalue weighted by molar-refractivity contribution is 5.52. The molecule has 0 bridgehead atoms. The minimum atomic E-state index is -0.219. The van der Waals surface area contributed by atoms with Crippen molar-refractivity contribution < 1.29 is 30.3 Å². The van der Waals surface area contributed by atoms with Gasteiger partial charge in [0.15, 0.2) is 11.5 Å². The number of benzene rings is 4. The number of hydrogen-bond acceptors (Lipinski definition) is 6. The summed E-state index contributed by atoms with van der Waals surface area (Å²) >= 11 is 0. The summed E-state index contributed by atoms with van der Waals surface area (Å²) in [6, 6.07) is 21.6. The van der Waals surface area contributed by atoms with Crippen LogP contribution in [0.25, 0.3) is 0 Å². The van der Waals surface area contributed by atoms with Crippen molar-refractivity contribution in [2.45, 2.75) is 25.7 Å². The number of aryl methyl sites for hydroxylation is 4. The fourth-order valence-corrected chi connectivity index (χ4v) is 3.85. The lowest BCUT2D eigenvalue weighted by Gasteiger charge is -2.13. The summed E-state index contributed by atoms with van der Waals surface area (Å²) in [5.41, 5.74) is 3.30. The number of ether oxygens (including phenoxy) is 1. The van der Waals surface area contributed by atoms with E-state index in [2.05, 4.69) is 0 Å². The number of aromatic hydroxyl groups is 5. The van der Waals surface area contributed by atoms with Gasteiger partial charge >= 0.3 is 0 Å². The van der Waals surface area contributed by atoms with Crippen molar-refractivity contribution in [3.8, 4) is 40.2 Å². The molecule has 0 amide bonds. The molecule has 4 aromatic rings. The number of hydrogen-bond donors (Lipinski definition) is 5. The molecule has 174 valence electrons. The fraction of sp³-hybridized carbons (Fsp3) is 0.143. The molecule has 4 aromatic carbocycles. The van der Waals surface area contributed by atoms with Crippen LogP contribution in [-0.2, 0) is 25.7 Å². The summed E-state index contributed by atoms with van der Waals surface area (Å²) in [5, 5.41) is 50.0. The Morgan fingerprint density at radius 1 is 0.500 bits per heavy atom. The quantitative estimate of drug-likeness (QED) is 0.236. The Kier molecular flexibility index (Phi) is 6.78. The standard InChI is InChI=1S/C28H26O6/c29-22-5-1-3-18(11-22)7-8-20-13-24(31)16-25(14-20)34-28-15-21(26(32)17-27(28)33)10-9-19-4-2-6-23(30)12-19/h1-6,11-17,29-33H,7-10H2. The van der Waals surface area contributed by atoms with Crippen molar-refractivity contribution in [3.05, 3.63) is 101 Å². The second-order valence-electron chi connectivity index (χ2n) is 8.23. The first kappa shape index (κ1) is 22.9. The van der Waals surface area contributed by atoms with Gasteiger partial charge in [0.2, 0.25) is 0 Å². The first-order valence-corrected chi connectivity index (χ1v) is 11.0. The molecule has 5 N–H and O–H groups in total. The molecule has 0 fully saturated rings. The molecule has 0 aliphatic carbocycles. The van der Waals surface area contributed by atoms with Gasteiger partial charge in [-0.25, -0.2) is 0 Å². The van der Waals surface area contributed by atoms with E-state index in [9.17, 15) is 25.5 Å². The Morgan fingerprint density at radius 2 is 1.09 bits per heavy atom. The molecule has 0 saturated heterocycles. The van der Waals surface area contributed by atoms with Crippen LogP contribution in [0.4, 0.5) is 0 Å². The lowest BCUT2D eigenvalue weighted by molar-refractivity contribution is 0.398. The van der Waals surface area contributed by atoms with Gasteiger partial charge in [-0.05, 0) is 90.4 Å². The van der Waals surface area contributed by atoms with Gasteiger partial charge in [0.1, 0.15) is 28.7 Å². The van der Waals surface area contributed by atoms with E-state index in [4.69, 9.17) is 4.74 Å². The molecule has 6 heteroatoms. The highest BCUT2D eigenvalue weighted by Crippen LogP contribution is 2.38. The number of phenols is 5. The van der Waals surface area contributed by atoms with E-state index in [1.54, 1.807) is 54.6 Å². The molecule has 0 spiro atoms. The van der Waals surface area contributed by atoms with Gasteiger partial charge in [-0.1, -0.05) is 24.3 Å². The molecule has 0 radical (unpaired) electrons. The van der Waals surface area contributed by atoms with E-state index in [0.29, 0.717) is 37.0 Å². The van der Waals surface area contributed by atoms with Crippen molar-refractivity contribution in [3.63, 3.8) is 0 Å². The zero-order chi connectivity index (χ0) is 24.1. The van der Waals surface area contributed by atoms with Gasteiger partial charge in [-0.15, -0.1) is 0 Å². The van der Waals surface area contributed by atoms with Crippen LogP contribution in [-0.4, -0.2) is 25.5 Å². The zero-order valence-electron chi connectivity index (χ0n) is 18.5. The van der Waals surface area contributed by atoms with Crippen LogP contribution in [0.1, 0.15) is 22.3 Å². The van der Waals surface area contributed by atoms with Gasteiger partial charge in [0.05, 0.1) is 0 Å². The third-order valence-electron chi connectivity index (χ3n) is 5.55. The molecule has 0 aliphatic rings. The zero-order valence-corrected chi connectivity index (χ0v) is 18.5. The van der Waals surface area contributed by atoms with Crippen LogP contribution < -0.4 is 4.74 Å². The van der Waals surface area contributed by atoms with Crippen LogP contribution in [0.3, 0.4) is 0 Å². The van der Waals surface area contributed by atoms with E-state index < -0.39 is 0 Å². The topological polar surface area (TPSA) is 110 Å². The van der Waals surface area contributed by atoms with Crippen molar-refractivity contribution in [2.24, 2.45) is 0 Å². The van der Waals surface area contributed by atoms with Crippen LogP contribution >= 0.6 is 0 Å². The van der Waals surface area contributed by atoms with Crippen LogP contribution in [0.5, 0.6) is 40.2 Å². The largest absolute Gasteiger partial charge is 0.508 e. The molecule has 0 atom stereocenters. The molecular formula is C28H26O6. The minimum absolute atomic E-state index is 0.0331. The lowest BCUT2D eigenvalue weighted by atomic mass is 10.0. The second kappa shape index (κ2) is 10.1. The summed E-state index contributed by atoms with van der Waals surface area (Å²) in [5.74, 6) is 0.668. The maximum Gasteiger partial charge on any atom is 0.169 e. The maximum absolute atomic E-state index is 10.3. The predicted octanol–water partition coefficient (Wildman–Crippen LogP) is 5.58. The van der Waals surface area contributed by atoms with E-state index in [0.717, 1.165) is 16.7 Å². The Morgan fingerprint density at radius 3 is 1.74 bits per heavy atom. The second-order valence-corrected chi connectivity index (χ2v) is 8.23. The van der Waals surface area contributed by atoms with E-state index >= 15 is 0 Å². The molecule has 4 rings (SSSR count). The minimum Gasteiger partial charge on any atom is -0.508 e. The highest BCUT2D eigenvalue weighted by Gasteiger charge is 2.13. The van der Waals surface area contributed by atoms with Crippen molar-refractivity contribution in [1.82, 2.24) is 0 Å². The Balaban J connectivity index is 1.49. The average Bonchev–Trinajstić information content (AvgIpc) is 2.78. The van der Waals surface area contributed by atoms with Gasteiger partial charge in [0.25, 0.3) is 0 Å². The van der Waals surface area contributed by atoms with E-state index in [1.807, 2.05) is 12.1 Å². The molecular weight excluding hydrogens is 432 g/mol. The molecule has 0 aromatic heterocycles. The monoisotopic (exact) mass is 458 g/mol. The van der Waals surface area contributed by atoms with Crippen LogP contribution in [0, 0.1) is 0 Å². The maximum atomic E-state index is 10.3. The molecule has 0 heterocycles. The normalized spacial score (nSPS) is 10.8. The first-order chi connectivity index (χ1) is 16.4. The highest BCUT2D eigenvalue weighted by atomic mass is 16.5. The van der Waals surface area contributed by atoms with Crippen LogP contribution in [0.15, 0.2) is 78.9 Å². The molecule has 6 nitrogen and oxygen atoms in total. The van der Waals surface area contributed by atoms with Gasteiger partial charge in [-0.3, -0.25) is 0 Å². The molecule has 34 heavy (non-hydrogen) atoms. The first-order valence-electron chi connectivity index (χ1n) is 11.0. The van der Waals surface area contributed by atoms with Gasteiger partial charge in [-0.2, -0.15) is 0 Å². The summed E-state index contributed by atoms with van der Waals surface area (Å²) in [6.45, 7) is 0. The summed E-state index contributed by atoms with van der Waals surface area (Å²) in [6.07, 6.45) is 2.34. The average molecular weight is 459 g/mol. The lowest BCUT2D eigenvalue weighted by Crippen LogP contribution is -1.95. The summed E-state index contributed by atoms with van der Waals surface area (Å²) in [4.78, 5) is 0. The van der Waals surface area contributed by atoms with Crippen molar-refractivity contribution >= 4 is 0 Å². The van der Waals surface area contributed by atoms with E-state index in [-0.39, 0.29) is 34.5 Å². The van der Waals surface area contributed by atoms with Gasteiger partial charge < -0.3 is 30.3 Å². The van der Waals surface area contributed by atoms with Crippen LogP contribution in [0.2, 0.25) is 0 Å². The summed E-state index contributed by atoms with van der Waals surface area (Å²) < 4.78 is 5.87. The fourth-order valence-electron chi connectivity index (χ4n) is 3.85.